The number of benzene rings is 2. The van der Waals surface area contributed by atoms with E-state index in [2.05, 4.69) is 5.32 Å². The van der Waals surface area contributed by atoms with Crippen molar-refractivity contribution in [2.24, 2.45) is 0 Å². The second kappa shape index (κ2) is 10.5. The third-order valence-electron chi connectivity index (χ3n) is 3.68. The van der Waals surface area contributed by atoms with Crippen molar-refractivity contribution in [3.8, 4) is 11.5 Å². The summed E-state index contributed by atoms with van der Waals surface area (Å²) in [6, 6.07) is 10.7. The minimum atomic E-state index is -0.601. The van der Waals surface area contributed by atoms with E-state index in [1.807, 2.05) is 0 Å². The highest BCUT2D eigenvalue weighted by atomic mass is 19.1. The maximum atomic E-state index is 13.3. The summed E-state index contributed by atoms with van der Waals surface area (Å²) in [6.45, 7) is 5.71. The first-order valence-electron chi connectivity index (χ1n) is 9.37. The molecule has 0 aliphatic heterocycles. The van der Waals surface area contributed by atoms with Crippen LogP contribution >= 0.6 is 0 Å². The van der Waals surface area contributed by atoms with Crippen LogP contribution in [0.2, 0.25) is 0 Å². The first-order chi connectivity index (χ1) is 14.2. The lowest BCUT2D eigenvalue weighted by atomic mass is 10.2. The number of rotatable bonds is 8. The van der Waals surface area contributed by atoms with Crippen LogP contribution in [-0.4, -0.2) is 37.9 Å². The van der Waals surface area contributed by atoms with Gasteiger partial charge in [0, 0.05) is 6.07 Å². The molecule has 0 spiro atoms. The van der Waals surface area contributed by atoms with Gasteiger partial charge in [-0.1, -0.05) is 12.1 Å². The van der Waals surface area contributed by atoms with Crippen LogP contribution in [0.1, 0.15) is 36.7 Å². The molecule has 2 aromatic carbocycles. The zero-order valence-electron chi connectivity index (χ0n) is 17.5. The summed E-state index contributed by atoms with van der Waals surface area (Å²) in [4.78, 5) is 23.7. The summed E-state index contributed by atoms with van der Waals surface area (Å²) in [5.41, 5.74) is 0.278. The lowest BCUT2D eigenvalue weighted by molar-refractivity contribution is 0.0516. The maximum absolute atomic E-state index is 13.3. The van der Waals surface area contributed by atoms with Crippen LogP contribution in [0, 0.1) is 5.82 Å². The molecule has 0 aliphatic carbocycles. The molecule has 0 aromatic heterocycles. The fraction of sp³-hybridized carbons (Fsp3) is 0.364. The Morgan fingerprint density at radius 1 is 1.07 bits per heavy atom. The molecular formula is C22H26FNO6. The quantitative estimate of drug-likeness (QED) is 0.513. The van der Waals surface area contributed by atoms with Crippen LogP contribution in [0.25, 0.3) is 0 Å². The summed E-state index contributed by atoms with van der Waals surface area (Å²) in [5.74, 6) is -0.243. The first-order valence-corrected chi connectivity index (χ1v) is 9.37. The SMILES string of the molecule is COC(=O)c1ccc(OCc2cccc(F)c2)cc1OCCNC(=O)OC(C)(C)C. The lowest BCUT2D eigenvalue weighted by Gasteiger charge is -2.19. The predicted molar refractivity (Wildman–Crippen MR) is 108 cm³/mol. The van der Waals surface area contributed by atoms with Gasteiger partial charge in [0.2, 0.25) is 0 Å². The van der Waals surface area contributed by atoms with Gasteiger partial charge >= 0.3 is 12.1 Å². The summed E-state index contributed by atoms with van der Waals surface area (Å²) >= 11 is 0. The van der Waals surface area contributed by atoms with E-state index in [-0.39, 0.29) is 36.9 Å². The highest BCUT2D eigenvalue weighted by molar-refractivity contribution is 5.92. The molecule has 0 fully saturated rings. The molecule has 2 aromatic rings. The fourth-order valence-corrected chi connectivity index (χ4v) is 2.41. The van der Waals surface area contributed by atoms with Crippen molar-refractivity contribution in [1.29, 1.82) is 0 Å². The Balaban J connectivity index is 1.99. The Morgan fingerprint density at radius 2 is 1.83 bits per heavy atom. The van der Waals surface area contributed by atoms with E-state index in [9.17, 15) is 14.0 Å². The number of amides is 1. The fourth-order valence-electron chi connectivity index (χ4n) is 2.41. The summed E-state index contributed by atoms with van der Waals surface area (Å²) < 4.78 is 34.5. The van der Waals surface area contributed by atoms with Gasteiger partial charge in [0.25, 0.3) is 0 Å². The van der Waals surface area contributed by atoms with Crippen molar-refractivity contribution in [3.63, 3.8) is 0 Å². The Kier molecular flexibility index (Phi) is 8.03. The van der Waals surface area contributed by atoms with Gasteiger partial charge < -0.3 is 24.3 Å². The van der Waals surface area contributed by atoms with Gasteiger partial charge in [-0.15, -0.1) is 0 Å². The van der Waals surface area contributed by atoms with E-state index < -0.39 is 17.7 Å². The number of carbonyl (C=O) groups excluding carboxylic acids is 2. The minimum Gasteiger partial charge on any atom is -0.491 e. The van der Waals surface area contributed by atoms with E-state index in [0.717, 1.165) is 0 Å². The summed E-state index contributed by atoms with van der Waals surface area (Å²) in [7, 11) is 1.27. The van der Waals surface area contributed by atoms with Crippen molar-refractivity contribution in [1.82, 2.24) is 5.32 Å². The minimum absolute atomic E-state index is 0.0938. The van der Waals surface area contributed by atoms with E-state index in [1.165, 1.54) is 25.3 Å². The molecule has 162 valence electrons. The van der Waals surface area contributed by atoms with E-state index in [0.29, 0.717) is 11.3 Å². The molecule has 1 N–H and O–H groups in total. The van der Waals surface area contributed by atoms with E-state index in [4.69, 9.17) is 18.9 Å². The first kappa shape index (κ1) is 23.0. The zero-order valence-corrected chi connectivity index (χ0v) is 17.5. The van der Waals surface area contributed by atoms with Crippen LogP contribution in [0.15, 0.2) is 42.5 Å². The van der Waals surface area contributed by atoms with Crippen molar-refractivity contribution >= 4 is 12.1 Å². The molecule has 8 heteroatoms. The predicted octanol–water partition coefficient (Wildman–Crippen LogP) is 4.09. The van der Waals surface area contributed by atoms with Gasteiger partial charge in [0.1, 0.15) is 41.7 Å². The molecule has 0 unspecified atom stereocenters. The van der Waals surface area contributed by atoms with Crippen LogP contribution in [-0.2, 0) is 16.1 Å². The topological polar surface area (TPSA) is 83.1 Å². The lowest BCUT2D eigenvalue weighted by Crippen LogP contribution is -2.34. The number of nitrogens with one attached hydrogen (secondary N) is 1. The highest BCUT2D eigenvalue weighted by Gasteiger charge is 2.17. The van der Waals surface area contributed by atoms with Crippen LogP contribution in [0.5, 0.6) is 11.5 Å². The van der Waals surface area contributed by atoms with Crippen molar-refractivity contribution in [3.05, 3.63) is 59.4 Å². The highest BCUT2D eigenvalue weighted by Crippen LogP contribution is 2.26. The molecule has 0 saturated carbocycles. The number of hydrogen-bond donors (Lipinski definition) is 1. The van der Waals surface area contributed by atoms with E-state index >= 15 is 0 Å². The van der Waals surface area contributed by atoms with Crippen LogP contribution < -0.4 is 14.8 Å². The van der Waals surface area contributed by atoms with Gasteiger partial charge in [-0.3, -0.25) is 0 Å². The molecule has 7 nitrogen and oxygen atoms in total. The van der Waals surface area contributed by atoms with Crippen LogP contribution in [0.4, 0.5) is 9.18 Å². The second-order valence-electron chi connectivity index (χ2n) is 7.35. The molecule has 0 saturated heterocycles. The van der Waals surface area contributed by atoms with Gasteiger partial charge in [-0.2, -0.15) is 0 Å². The maximum Gasteiger partial charge on any atom is 0.407 e. The zero-order chi connectivity index (χ0) is 22.1. The van der Waals surface area contributed by atoms with Gasteiger partial charge in [-0.05, 0) is 50.6 Å². The number of carbonyl (C=O) groups is 2. The Hall–Kier alpha value is -3.29. The molecular weight excluding hydrogens is 393 g/mol. The van der Waals surface area contributed by atoms with Crippen LogP contribution in [0.3, 0.4) is 0 Å². The second-order valence-corrected chi connectivity index (χ2v) is 7.35. The summed E-state index contributed by atoms with van der Waals surface area (Å²) in [6.07, 6.45) is -0.563. The number of ether oxygens (including phenoxy) is 4. The normalized spacial score (nSPS) is 10.8. The Morgan fingerprint density at radius 3 is 2.50 bits per heavy atom. The number of esters is 1. The molecule has 0 atom stereocenters. The summed E-state index contributed by atoms with van der Waals surface area (Å²) in [5, 5.41) is 2.57. The molecule has 1 amide bonds. The van der Waals surface area contributed by atoms with Crippen molar-refractivity contribution in [2.45, 2.75) is 33.0 Å². The smallest absolute Gasteiger partial charge is 0.407 e. The largest absolute Gasteiger partial charge is 0.491 e. The Labute approximate surface area is 175 Å². The van der Waals surface area contributed by atoms with E-state index in [1.54, 1.807) is 45.0 Å². The molecule has 2 rings (SSSR count). The molecule has 0 heterocycles. The Bertz CT molecular complexity index is 878. The monoisotopic (exact) mass is 419 g/mol. The average Bonchev–Trinajstić information content (AvgIpc) is 2.68. The van der Waals surface area contributed by atoms with Crippen molar-refractivity contribution < 1.29 is 32.9 Å². The number of alkyl carbamates (subject to hydrolysis) is 1. The third kappa shape index (κ3) is 7.62. The molecule has 0 aliphatic rings. The average molecular weight is 419 g/mol. The van der Waals surface area contributed by atoms with Gasteiger partial charge in [-0.25, -0.2) is 14.0 Å². The molecule has 0 bridgehead atoms. The number of halogens is 1. The van der Waals surface area contributed by atoms with Gasteiger partial charge in [0.05, 0.1) is 13.7 Å². The van der Waals surface area contributed by atoms with Gasteiger partial charge in [0.15, 0.2) is 0 Å². The molecule has 0 radical (unpaired) electrons. The molecule has 30 heavy (non-hydrogen) atoms. The van der Waals surface area contributed by atoms with Crippen molar-refractivity contribution in [2.75, 3.05) is 20.3 Å². The number of hydrogen-bond acceptors (Lipinski definition) is 6. The number of methoxy groups -OCH3 is 1. The standard InChI is InChI=1S/C22H26FNO6/c1-22(2,3)30-21(26)24-10-11-28-19-13-17(8-9-18(19)20(25)27-4)29-14-15-6-5-7-16(23)12-15/h5-9,12-13H,10-11,14H2,1-4H3,(H,24,26). The third-order valence-corrected chi connectivity index (χ3v) is 3.68.